The SMILES string of the molecule is CC(C)NC(=O)[C@H](Cc1ccccc1)N(Cc1ccc(Br)cc1)C(=O)CN(c1ccc(Cl)c(C(F)(F)F)c1)S(=O)(=O)c1ccccc1. The smallest absolute Gasteiger partial charge is 0.352 e. The lowest BCUT2D eigenvalue weighted by Gasteiger charge is -2.34. The first-order chi connectivity index (χ1) is 22.2. The van der Waals surface area contributed by atoms with Gasteiger partial charge in [-0.1, -0.05) is 88.2 Å². The van der Waals surface area contributed by atoms with Crippen molar-refractivity contribution in [1.29, 1.82) is 0 Å². The van der Waals surface area contributed by atoms with E-state index in [1.807, 2.05) is 6.07 Å². The van der Waals surface area contributed by atoms with E-state index in [4.69, 9.17) is 11.6 Å². The molecule has 0 saturated carbocycles. The van der Waals surface area contributed by atoms with Gasteiger partial charge < -0.3 is 10.2 Å². The number of halogens is 5. The van der Waals surface area contributed by atoms with Crippen LogP contribution in [0, 0.1) is 0 Å². The van der Waals surface area contributed by atoms with Crippen molar-refractivity contribution >= 4 is 55.1 Å². The number of carbonyl (C=O) groups excluding carboxylic acids is 2. The zero-order valence-corrected chi connectivity index (χ0v) is 28.6. The molecule has 47 heavy (non-hydrogen) atoms. The second-order valence-corrected chi connectivity index (χ2v) is 14.2. The summed E-state index contributed by atoms with van der Waals surface area (Å²) >= 11 is 9.24. The summed E-state index contributed by atoms with van der Waals surface area (Å²) in [6.45, 7) is 2.53. The second kappa shape index (κ2) is 15.4. The fraction of sp³-hybridized carbons (Fsp3) is 0.235. The van der Waals surface area contributed by atoms with Gasteiger partial charge in [0.05, 0.1) is 21.2 Å². The zero-order valence-electron chi connectivity index (χ0n) is 25.4. The van der Waals surface area contributed by atoms with Crippen LogP contribution in [0.3, 0.4) is 0 Å². The number of sulfonamides is 1. The molecule has 4 aromatic rings. The molecule has 0 aliphatic rings. The molecule has 4 rings (SSSR count). The first-order valence-corrected chi connectivity index (χ1v) is 17.1. The number of rotatable bonds is 12. The number of benzene rings is 4. The zero-order chi connectivity index (χ0) is 34.4. The lowest BCUT2D eigenvalue weighted by molar-refractivity contribution is -0.140. The predicted octanol–water partition coefficient (Wildman–Crippen LogP) is 7.48. The molecule has 248 valence electrons. The number of alkyl halides is 3. The van der Waals surface area contributed by atoms with Gasteiger partial charge in [0.25, 0.3) is 10.0 Å². The van der Waals surface area contributed by atoms with E-state index in [9.17, 15) is 31.2 Å². The van der Waals surface area contributed by atoms with E-state index in [0.717, 1.165) is 22.2 Å². The van der Waals surface area contributed by atoms with Crippen LogP contribution in [0.4, 0.5) is 18.9 Å². The number of nitrogens with one attached hydrogen (secondary N) is 1. The quantitative estimate of drug-likeness (QED) is 0.163. The molecule has 1 atom stereocenters. The molecule has 13 heteroatoms. The Morgan fingerprint density at radius 3 is 2.04 bits per heavy atom. The normalized spacial score (nSPS) is 12.4. The summed E-state index contributed by atoms with van der Waals surface area (Å²) in [6.07, 6.45) is -4.81. The summed E-state index contributed by atoms with van der Waals surface area (Å²) in [7, 11) is -4.59. The molecule has 0 aliphatic heterocycles. The molecule has 1 N–H and O–H groups in total. The number of hydrogen-bond acceptors (Lipinski definition) is 4. The molecule has 0 saturated heterocycles. The number of carbonyl (C=O) groups is 2. The maximum Gasteiger partial charge on any atom is 0.417 e. The van der Waals surface area contributed by atoms with Gasteiger partial charge in [-0.2, -0.15) is 13.2 Å². The first-order valence-electron chi connectivity index (χ1n) is 14.5. The van der Waals surface area contributed by atoms with Crippen LogP contribution in [-0.2, 0) is 38.8 Å². The van der Waals surface area contributed by atoms with Crippen LogP contribution in [-0.4, -0.2) is 43.8 Å². The molecule has 0 aromatic heterocycles. The van der Waals surface area contributed by atoms with Gasteiger partial charge in [-0.3, -0.25) is 13.9 Å². The van der Waals surface area contributed by atoms with Crippen LogP contribution in [0.25, 0.3) is 0 Å². The summed E-state index contributed by atoms with van der Waals surface area (Å²) in [4.78, 5) is 29.2. The Hall–Kier alpha value is -3.87. The Labute approximate surface area is 285 Å². The highest BCUT2D eigenvalue weighted by atomic mass is 79.9. The average molecular weight is 751 g/mol. The molecular formula is C34H32BrClF3N3O4S. The Balaban J connectivity index is 1.85. The van der Waals surface area contributed by atoms with E-state index >= 15 is 0 Å². The molecule has 0 heterocycles. The topological polar surface area (TPSA) is 86.8 Å². The number of hydrogen-bond donors (Lipinski definition) is 1. The van der Waals surface area contributed by atoms with Crippen LogP contribution in [0.5, 0.6) is 0 Å². The van der Waals surface area contributed by atoms with Crippen LogP contribution >= 0.6 is 27.5 Å². The highest BCUT2D eigenvalue weighted by molar-refractivity contribution is 9.10. The highest BCUT2D eigenvalue weighted by Crippen LogP contribution is 2.38. The molecular weight excluding hydrogens is 719 g/mol. The van der Waals surface area contributed by atoms with E-state index in [0.29, 0.717) is 15.9 Å². The third-order valence-electron chi connectivity index (χ3n) is 7.12. The summed E-state index contributed by atoms with van der Waals surface area (Å²) < 4.78 is 71.2. The maximum atomic E-state index is 14.4. The fourth-order valence-electron chi connectivity index (χ4n) is 4.86. The Morgan fingerprint density at radius 1 is 0.872 bits per heavy atom. The van der Waals surface area contributed by atoms with Gasteiger partial charge in [0, 0.05) is 23.5 Å². The Kier molecular flexibility index (Phi) is 11.8. The Bertz CT molecular complexity index is 1790. The van der Waals surface area contributed by atoms with Gasteiger partial charge in [-0.25, -0.2) is 8.42 Å². The molecule has 0 unspecified atom stereocenters. The minimum Gasteiger partial charge on any atom is -0.352 e. The summed E-state index contributed by atoms with van der Waals surface area (Å²) in [5, 5.41) is 2.22. The molecule has 4 aromatic carbocycles. The molecule has 0 aliphatic carbocycles. The predicted molar refractivity (Wildman–Crippen MR) is 179 cm³/mol. The number of amides is 2. The summed E-state index contributed by atoms with van der Waals surface area (Å²) in [5.41, 5.74) is -0.303. The van der Waals surface area contributed by atoms with Crippen LogP contribution in [0.1, 0.15) is 30.5 Å². The van der Waals surface area contributed by atoms with Gasteiger partial charge in [0.15, 0.2) is 0 Å². The van der Waals surface area contributed by atoms with Crippen molar-refractivity contribution in [2.24, 2.45) is 0 Å². The van der Waals surface area contributed by atoms with Crippen molar-refractivity contribution in [3.63, 3.8) is 0 Å². The molecule has 0 bridgehead atoms. The van der Waals surface area contributed by atoms with E-state index < -0.39 is 56.9 Å². The minimum absolute atomic E-state index is 0.0895. The van der Waals surface area contributed by atoms with Crippen molar-refractivity contribution in [3.05, 3.63) is 129 Å². The van der Waals surface area contributed by atoms with Crippen LogP contribution in [0.2, 0.25) is 5.02 Å². The van der Waals surface area contributed by atoms with Crippen molar-refractivity contribution in [2.45, 2.75) is 50.0 Å². The second-order valence-electron chi connectivity index (χ2n) is 11.0. The largest absolute Gasteiger partial charge is 0.417 e. The van der Waals surface area contributed by atoms with E-state index in [2.05, 4.69) is 21.2 Å². The molecule has 0 spiro atoms. The lowest BCUT2D eigenvalue weighted by atomic mass is 10.0. The third-order valence-corrected chi connectivity index (χ3v) is 9.77. The van der Waals surface area contributed by atoms with Crippen LogP contribution in [0.15, 0.2) is 112 Å². The monoisotopic (exact) mass is 749 g/mol. The van der Waals surface area contributed by atoms with Crippen molar-refractivity contribution in [1.82, 2.24) is 10.2 Å². The highest BCUT2D eigenvalue weighted by Gasteiger charge is 2.37. The van der Waals surface area contributed by atoms with Gasteiger partial charge in [0.1, 0.15) is 12.6 Å². The van der Waals surface area contributed by atoms with E-state index in [-0.39, 0.29) is 23.9 Å². The average Bonchev–Trinajstić information content (AvgIpc) is 3.02. The van der Waals surface area contributed by atoms with Gasteiger partial charge in [-0.05, 0) is 67.4 Å². The molecule has 0 fully saturated rings. The van der Waals surface area contributed by atoms with E-state index in [1.165, 1.54) is 29.2 Å². The lowest BCUT2D eigenvalue weighted by Crippen LogP contribution is -2.54. The maximum absolute atomic E-state index is 14.4. The fourth-order valence-corrected chi connectivity index (χ4v) is 6.77. The standard InChI is InChI=1S/C34H32BrClF3N3O4S/c1-23(2)40-33(44)31(19-24-9-5-3-6-10-24)41(21-25-13-15-26(35)16-14-25)32(43)22-42(47(45,46)28-11-7-4-8-12-28)27-17-18-30(36)29(20-27)34(37,38)39/h3-18,20,23,31H,19,21-22H2,1-2H3,(H,40,44)/t31-/m0/s1. The summed E-state index contributed by atoms with van der Waals surface area (Å²) in [6, 6.07) is 24.3. The van der Waals surface area contributed by atoms with Gasteiger partial charge >= 0.3 is 6.18 Å². The van der Waals surface area contributed by atoms with Crippen molar-refractivity contribution in [3.8, 4) is 0 Å². The third kappa shape index (κ3) is 9.36. The number of nitrogens with zero attached hydrogens (tertiary/aromatic N) is 2. The van der Waals surface area contributed by atoms with Crippen LogP contribution < -0.4 is 9.62 Å². The van der Waals surface area contributed by atoms with Crippen molar-refractivity contribution < 1.29 is 31.2 Å². The first kappa shape index (κ1) is 36.0. The Morgan fingerprint density at radius 2 is 1.47 bits per heavy atom. The number of anilines is 1. The molecule has 0 radical (unpaired) electrons. The van der Waals surface area contributed by atoms with E-state index in [1.54, 1.807) is 68.4 Å². The minimum atomic E-state index is -4.90. The molecule has 7 nitrogen and oxygen atoms in total. The van der Waals surface area contributed by atoms with Gasteiger partial charge in [0.2, 0.25) is 11.8 Å². The molecule has 2 amide bonds. The van der Waals surface area contributed by atoms with Crippen molar-refractivity contribution in [2.75, 3.05) is 10.8 Å². The summed E-state index contributed by atoms with van der Waals surface area (Å²) in [5.74, 6) is -1.28. The van der Waals surface area contributed by atoms with Gasteiger partial charge in [-0.15, -0.1) is 0 Å².